The molecule has 0 aliphatic carbocycles. The van der Waals surface area contributed by atoms with Crippen molar-refractivity contribution < 1.29 is 93.9 Å². The summed E-state index contributed by atoms with van der Waals surface area (Å²) in [5, 5.41) is 201. The molecule has 0 amide bonds. The summed E-state index contributed by atoms with van der Waals surface area (Å²) in [6.45, 7) is 23.9. The van der Waals surface area contributed by atoms with Crippen LogP contribution in [0.4, 0.5) is 136 Å². The molecule has 0 saturated carbocycles. The molecule has 0 unspecified atom stereocenters. The van der Waals surface area contributed by atoms with Crippen molar-refractivity contribution >= 4 is 182 Å². The molecule has 13 aromatic carbocycles. The maximum absolute atomic E-state index is 12.4. The molecule has 0 spiro atoms. The molecule has 6 N–H and O–H groups in total. The zero-order valence-electron chi connectivity index (χ0n) is 80.1. The maximum Gasteiger partial charge on any atom is 0.325 e. The molecule has 0 aliphatic heterocycles. The number of halogens is 3. The minimum atomic E-state index is -1.18. The molecule has 13 aromatic rings. The number of nitro benzene ring substituents is 15. The van der Waals surface area contributed by atoms with Crippen LogP contribution >= 0.6 is 45.8 Å². The Morgan fingerprint density at radius 3 is 0.813 bits per heavy atom. The fourth-order valence-electron chi connectivity index (χ4n) is 13.0. The number of hydrogen-bond donors (Lipinski definition) is 5. The lowest BCUT2D eigenvalue weighted by molar-refractivity contribution is -0.404. The fourth-order valence-corrected chi connectivity index (χ4v) is 14.0. The van der Waals surface area contributed by atoms with E-state index in [0.717, 1.165) is 27.4 Å². The molecule has 56 heteroatoms. The number of aromatic hydroxyl groups is 3. The number of non-ortho nitro benzene ring substituents is 5. The Labute approximate surface area is 868 Å². The summed E-state index contributed by atoms with van der Waals surface area (Å²) in [4.78, 5) is 156. The van der Waals surface area contributed by atoms with Crippen molar-refractivity contribution in [3.8, 4) is 28.7 Å². The van der Waals surface area contributed by atoms with E-state index in [1.807, 2.05) is 93.6 Å². The number of nitrogens with one attached hydrogen (secondary N) is 1. The molecule has 0 radical (unpaired) electrons. The average Bonchev–Trinajstić information content (AvgIpc) is 0.748. The highest BCUT2D eigenvalue weighted by Crippen LogP contribution is 2.55. The van der Waals surface area contributed by atoms with E-state index >= 15 is 0 Å². The van der Waals surface area contributed by atoms with Gasteiger partial charge in [-0.25, -0.2) is 0 Å². The Hall–Kier alpha value is -19.4. The molecule has 0 saturated heterocycles. The SMILES string of the molecule is CC(C)(C)c1ccc(O)c(N(c2ccccc2)c2c([N+](=O)[O-])cc([N+](=O)[O-])cc2[N+](=O)[O-])c1.CC(C)(C)c1ccc(O)c(N)c1.CC(C)(C)c1ccc(O)c(Nc2ccccc2)c1.CC(C)(C)c1ccc(Oc2c([N+](=O)[O-])cc([N+](=O)[O-])cc2[N+](=O)[O-])c(N(c2ccccc2)c2c([N+](=O)[O-])cc([N+](=O)[O-])cc2[N+](=O)[O-])c1.Ic1ccccc1.O=[N+]([O-])c1cc([N+](=O)[O-])c(Cl)c([N+](=O)[O-])c1.O=[N+]([O-])c1cc([N+](=O)[O-])c(Cl)c([N+](=O)[O-])c1. The van der Waals surface area contributed by atoms with Gasteiger partial charge in [-0.05, 0) is 164 Å². The number of nitrogen functional groups attached to an aromatic ring is 1. The van der Waals surface area contributed by atoms with E-state index in [4.69, 9.17) is 33.7 Å². The first-order valence-corrected chi connectivity index (χ1v) is 44.3. The molecular weight excluding hydrogens is 2140 g/mol. The van der Waals surface area contributed by atoms with Gasteiger partial charge >= 0.3 is 56.9 Å². The van der Waals surface area contributed by atoms with Gasteiger partial charge in [-0.3, -0.25) is 162 Å². The first kappa shape index (κ1) is 118. The molecule has 0 aliphatic rings. The Morgan fingerprint density at radius 1 is 0.287 bits per heavy atom. The van der Waals surface area contributed by atoms with Gasteiger partial charge in [0.15, 0.2) is 15.8 Å². The van der Waals surface area contributed by atoms with Crippen LogP contribution in [-0.4, -0.2) is 89.2 Å². The van der Waals surface area contributed by atoms with Gasteiger partial charge in [0.2, 0.25) is 11.4 Å². The van der Waals surface area contributed by atoms with Crippen molar-refractivity contribution in [2.75, 3.05) is 20.9 Å². The number of rotatable bonds is 25. The van der Waals surface area contributed by atoms with Gasteiger partial charge < -0.3 is 31.1 Å². The Kier molecular flexibility index (Phi) is 38.9. The van der Waals surface area contributed by atoms with Crippen LogP contribution in [0.15, 0.2) is 255 Å². The molecule has 780 valence electrons. The van der Waals surface area contributed by atoms with Gasteiger partial charge in [0.25, 0.3) is 34.2 Å². The Bertz CT molecular complexity index is 7180. The number of nitro groups is 15. The van der Waals surface area contributed by atoms with E-state index in [9.17, 15) is 167 Å². The molecule has 0 heterocycles. The van der Waals surface area contributed by atoms with Gasteiger partial charge in [0.05, 0.1) is 157 Å². The Morgan fingerprint density at radius 2 is 0.533 bits per heavy atom. The maximum atomic E-state index is 12.4. The summed E-state index contributed by atoms with van der Waals surface area (Å²) in [5.74, 6) is -1.39. The Balaban J connectivity index is 0.000000257. The van der Waals surface area contributed by atoms with Gasteiger partial charge in [0, 0.05) is 20.6 Å². The molecule has 0 atom stereocenters. The van der Waals surface area contributed by atoms with Crippen LogP contribution in [0.1, 0.15) is 105 Å². The summed E-state index contributed by atoms with van der Waals surface area (Å²) >= 11 is 13.0. The van der Waals surface area contributed by atoms with E-state index in [2.05, 4.69) is 81.6 Å². The lowest BCUT2D eigenvalue weighted by Crippen LogP contribution is -2.17. The summed E-state index contributed by atoms with van der Waals surface area (Å²) < 4.78 is 7.08. The van der Waals surface area contributed by atoms with Crippen LogP contribution in [0.5, 0.6) is 28.7 Å². The van der Waals surface area contributed by atoms with Crippen molar-refractivity contribution in [3.63, 3.8) is 0 Å². The van der Waals surface area contributed by atoms with E-state index in [1.165, 1.54) is 62.6 Å². The molecule has 13 rings (SSSR count). The predicted octanol–water partition coefficient (Wildman–Crippen LogP) is 26.7. The highest BCUT2D eigenvalue weighted by molar-refractivity contribution is 14.1. The molecule has 0 bridgehead atoms. The quantitative estimate of drug-likeness (QED) is 0.0117. The number of phenols is 3. The normalized spacial score (nSPS) is 10.7. The number of anilines is 9. The predicted molar refractivity (Wildman–Crippen MR) is 557 cm³/mol. The molecule has 0 aromatic heterocycles. The molecule has 150 heavy (non-hydrogen) atoms. The van der Waals surface area contributed by atoms with Crippen molar-refractivity contribution in [1.82, 2.24) is 0 Å². The van der Waals surface area contributed by atoms with E-state index in [0.29, 0.717) is 71.9 Å². The fraction of sp³-hybridized carbons (Fsp3) is 0.170. The third-order valence-electron chi connectivity index (χ3n) is 20.6. The van der Waals surface area contributed by atoms with Crippen molar-refractivity contribution in [2.45, 2.75) is 105 Å². The van der Waals surface area contributed by atoms with Gasteiger partial charge in [0.1, 0.15) is 17.2 Å². The minimum absolute atomic E-state index is 0.00108. The molecular formula is C94H84Cl2IN19O34. The van der Waals surface area contributed by atoms with Crippen LogP contribution in [0.2, 0.25) is 10.0 Å². The largest absolute Gasteiger partial charge is 0.506 e. The van der Waals surface area contributed by atoms with Gasteiger partial charge in [-0.15, -0.1) is 0 Å². The minimum Gasteiger partial charge on any atom is -0.506 e. The van der Waals surface area contributed by atoms with E-state index in [-0.39, 0.29) is 56.2 Å². The second kappa shape index (κ2) is 49.7. The summed E-state index contributed by atoms with van der Waals surface area (Å²) in [5.41, 5.74) is -4.86. The number of ether oxygens (including phenoxy) is 1. The van der Waals surface area contributed by atoms with Crippen LogP contribution in [0.3, 0.4) is 0 Å². The zero-order chi connectivity index (χ0) is 113. The standard InChI is InChI=1S/C28H21N7O13.C22H20N4O7.C16H19NO.C10H15NO.2C6H2ClN3O6.C6H5I/c1-28(2,3)16-9-10-25(48-27-23(34(44)45)14-19(31(38)39)15-24(27)35(46)47)20(11-16)29(17-7-5-4-6-8-17)26-21(32(40)41)12-18(30(36)37)13-22(26)33(42)43;1-22(2,3)14-9-10-20(27)17(11-14)23(15-7-5-4-6-8-15)21-18(25(30)31)12-16(24(28)29)13-19(21)26(32)33;1-16(2,3)12-9-10-15(18)14(11-12)17-13-7-5-4-6-8-13;1-10(2,3)7-4-5-9(12)8(11)6-7;2*7-6-4(9(13)14)1-3(8(11)12)2-5(6)10(15)16;7-6-4-2-1-3-5-6/h4-15H,1-3H3;4-13,27H,1-3H3;4-11,17-18H,1-3H3;4-6,12H,11H2,1-3H3;2*1-2H;1-5H. The number of nitrogens with two attached hydrogens (primary N) is 1. The highest BCUT2D eigenvalue weighted by Gasteiger charge is 2.42. The van der Waals surface area contributed by atoms with Crippen LogP contribution in [0, 0.1) is 155 Å². The number of para-hydroxylation sites is 3. The monoisotopic (exact) mass is 2220 g/mol. The smallest absolute Gasteiger partial charge is 0.325 e. The molecule has 0 fully saturated rings. The average molecular weight is 2220 g/mol. The second-order valence-corrected chi connectivity index (χ2v) is 37.1. The van der Waals surface area contributed by atoms with Crippen LogP contribution in [-0.2, 0) is 21.7 Å². The third kappa shape index (κ3) is 30.8. The van der Waals surface area contributed by atoms with Crippen LogP contribution < -0.4 is 25.6 Å². The van der Waals surface area contributed by atoms with Crippen LogP contribution in [0.25, 0.3) is 0 Å². The summed E-state index contributed by atoms with van der Waals surface area (Å²) in [6, 6.07) is 60.6. The number of benzene rings is 13. The lowest BCUT2D eigenvalue weighted by Gasteiger charge is -2.29. The third-order valence-corrected chi connectivity index (χ3v) is 22.1. The zero-order valence-corrected chi connectivity index (χ0v) is 83.7. The molecule has 53 nitrogen and oxygen atoms in total. The van der Waals surface area contributed by atoms with Crippen molar-refractivity contribution in [2.24, 2.45) is 0 Å². The second-order valence-electron chi connectivity index (χ2n) is 35.1. The highest BCUT2D eigenvalue weighted by atomic mass is 127. The summed E-state index contributed by atoms with van der Waals surface area (Å²) in [7, 11) is 0. The lowest BCUT2D eigenvalue weighted by atomic mass is 9.86. The van der Waals surface area contributed by atoms with E-state index in [1.54, 1.807) is 81.4 Å². The number of phenolic OH excluding ortho intramolecular Hbond substituents is 3. The van der Waals surface area contributed by atoms with Gasteiger partial charge in [-0.1, -0.05) is 203 Å². The number of nitrogens with zero attached hydrogens (tertiary/aromatic N) is 17. The van der Waals surface area contributed by atoms with Gasteiger partial charge in [-0.2, -0.15) is 0 Å². The first-order valence-electron chi connectivity index (χ1n) is 42.5. The first-order chi connectivity index (χ1) is 69.8. The van der Waals surface area contributed by atoms with Crippen molar-refractivity contribution in [1.29, 1.82) is 0 Å². The number of hydrogen-bond acceptors (Lipinski definition) is 38. The van der Waals surface area contributed by atoms with E-state index < -0.39 is 197 Å². The topological polar surface area (TPSA) is 762 Å². The summed E-state index contributed by atoms with van der Waals surface area (Å²) in [6.07, 6.45) is 0. The van der Waals surface area contributed by atoms with Crippen molar-refractivity contribution in [3.05, 3.63) is 442 Å².